The summed E-state index contributed by atoms with van der Waals surface area (Å²) >= 11 is 0. The molecule has 0 aliphatic heterocycles. The zero-order valence-corrected chi connectivity index (χ0v) is 11.4. The minimum absolute atomic E-state index is 0.216. The number of aryl methyl sites for hydroxylation is 1. The predicted molar refractivity (Wildman–Crippen MR) is 74.6 cm³/mol. The predicted octanol–water partition coefficient (Wildman–Crippen LogP) is 3.66. The highest BCUT2D eigenvalue weighted by Gasteiger charge is 2.06. The van der Waals surface area contributed by atoms with Crippen LogP contribution in [0.15, 0.2) is 30.3 Å². The molecule has 100 valence electrons. The third kappa shape index (κ3) is 3.50. The summed E-state index contributed by atoms with van der Waals surface area (Å²) in [5.41, 5.74) is 2.51. The first-order chi connectivity index (χ1) is 9.06. The Labute approximate surface area is 112 Å². The van der Waals surface area contributed by atoms with Gasteiger partial charge < -0.3 is 5.32 Å². The number of aromatic nitrogens is 2. The normalized spacial score (nSPS) is 10.8. The van der Waals surface area contributed by atoms with Crippen molar-refractivity contribution in [2.75, 3.05) is 5.32 Å². The van der Waals surface area contributed by atoms with Crippen LogP contribution in [0.2, 0.25) is 0 Å². The average Bonchev–Trinajstić information content (AvgIpc) is 2.37. The SMILES string of the molecule is Cc1cc(C(C)C)nc(NCc2ccccc2F)n1. The first kappa shape index (κ1) is 13.5. The van der Waals surface area contributed by atoms with E-state index in [0.717, 1.165) is 11.4 Å². The molecule has 0 radical (unpaired) electrons. The van der Waals surface area contributed by atoms with Crippen molar-refractivity contribution in [3.63, 3.8) is 0 Å². The molecule has 2 aromatic rings. The molecule has 2 rings (SSSR count). The van der Waals surface area contributed by atoms with E-state index in [1.54, 1.807) is 12.1 Å². The van der Waals surface area contributed by atoms with E-state index in [1.165, 1.54) is 6.07 Å². The molecule has 0 unspecified atom stereocenters. The van der Waals surface area contributed by atoms with Gasteiger partial charge in [-0.3, -0.25) is 0 Å². The van der Waals surface area contributed by atoms with Crippen molar-refractivity contribution in [2.24, 2.45) is 0 Å². The molecule has 0 saturated heterocycles. The second-order valence-corrected chi connectivity index (χ2v) is 4.86. The fraction of sp³-hybridized carbons (Fsp3) is 0.333. The van der Waals surface area contributed by atoms with Gasteiger partial charge in [0, 0.05) is 23.5 Å². The van der Waals surface area contributed by atoms with Crippen LogP contribution in [0.4, 0.5) is 10.3 Å². The number of hydrogen-bond acceptors (Lipinski definition) is 3. The van der Waals surface area contributed by atoms with Crippen LogP contribution in [0.1, 0.15) is 36.7 Å². The van der Waals surface area contributed by atoms with Gasteiger partial charge in [0.1, 0.15) is 5.82 Å². The van der Waals surface area contributed by atoms with E-state index in [9.17, 15) is 4.39 Å². The van der Waals surface area contributed by atoms with Gasteiger partial charge in [0.15, 0.2) is 0 Å². The monoisotopic (exact) mass is 259 g/mol. The highest BCUT2D eigenvalue weighted by atomic mass is 19.1. The topological polar surface area (TPSA) is 37.8 Å². The molecule has 0 fully saturated rings. The molecule has 1 N–H and O–H groups in total. The summed E-state index contributed by atoms with van der Waals surface area (Å²) in [6, 6.07) is 8.67. The van der Waals surface area contributed by atoms with Crippen molar-refractivity contribution in [3.8, 4) is 0 Å². The van der Waals surface area contributed by atoms with E-state index in [4.69, 9.17) is 0 Å². The summed E-state index contributed by atoms with van der Waals surface area (Å²) in [7, 11) is 0. The van der Waals surface area contributed by atoms with Crippen molar-refractivity contribution in [1.29, 1.82) is 0 Å². The van der Waals surface area contributed by atoms with E-state index in [-0.39, 0.29) is 5.82 Å². The molecule has 1 aromatic carbocycles. The van der Waals surface area contributed by atoms with Gasteiger partial charge in [0.05, 0.1) is 0 Å². The molecular formula is C15H18FN3. The molecular weight excluding hydrogens is 241 g/mol. The maximum absolute atomic E-state index is 13.5. The molecule has 0 atom stereocenters. The van der Waals surface area contributed by atoms with E-state index < -0.39 is 0 Å². The lowest BCUT2D eigenvalue weighted by Crippen LogP contribution is -2.08. The molecule has 3 nitrogen and oxygen atoms in total. The van der Waals surface area contributed by atoms with Crippen LogP contribution in [0.5, 0.6) is 0 Å². The molecule has 1 heterocycles. The van der Waals surface area contributed by atoms with Crippen LogP contribution in [0.3, 0.4) is 0 Å². The van der Waals surface area contributed by atoms with Gasteiger partial charge >= 0.3 is 0 Å². The summed E-state index contributed by atoms with van der Waals surface area (Å²) in [4.78, 5) is 8.75. The number of benzene rings is 1. The quantitative estimate of drug-likeness (QED) is 0.910. The molecule has 0 spiro atoms. The number of halogens is 1. The molecule has 0 aliphatic carbocycles. The van der Waals surface area contributed by atoms with Gasteiger partial charge in [-0.05, 0) is 25.0 Å². The molecule has 0 saturated carbocycles. The highest BCUT2D eigenvalue weighted by Crippen LogP contribution is 2.15. The van der Waals surface area contributed by atoms with Gasteiger partial charge in [0.2, 0.25) is 5.95 Å². The fourth-order valence-corrected chi connectivity index (χ4v) is 1.78. The van der Waals surface area contributed by atoms with Crippen molar-refractivity contribution in [3.05, 3.63) is 53.1 Å². The Morgan fingerprint density at radius 1 is 1.21 bits per heavy atom. The van der Waals surface area contributed by atoms with Gasteiger partial charge in [-0.2, -0.15) is 0 Å². The number of rotatable bonds is 4. The highest BCUT2D eigenvalue weighted by molar-refractivity contribution is 5.31. The Balaban J connectivity index is 2.14. The van der Waals surface area contributed by atoms with Crippen LogP contribution in [-0.4, -0.2) is 9.97 Å². The number of nitrogens with one attached hydrogen (secondary N) is 1. The molecule has 19 heavy (non-hydrogen) atoms. The standard InChI is InChI=1S/C15H18FN3/c1-10(2)14-8-11(3)18-15(19-14)17-9-12-6-4-5-7-13(12)16/h4-8,10H,9H2,1-3H3,(H,17,18,19). The third-order valence-electron chi connectivity index (χ3n) is 2.86. The van der Waals surface area contributed by atoms with Crippen LogP contribution < -0.4 is 5.32 Å². The minimum Gasteiger partial charge on any atom is -0.350 e. The van der Waals surface area contributed by atoms with E-state index in [0.29, 0.717) is 24.0 Å². The zero-order chi connectivity index (χ0) is 13.8. The van der Waals surface area contributed by atoms with Gasteiger partial charge in [-0.15, -0.1) is 0 Å². The number of hydrogen-bond donors (Lipinski definition) is 1. The first-order valence-electron chi connectivity index (χ1n) is 6.39. The molecule has 0 aliphatic rings. The second-order valence-electron chi connectivity index (χ2n) is 4.86. The number of anilines is 1. The molecule has 1 aromatic heterocycles. The fourth-order valence-electron chi connectivity index (χ4n) is 1.78. The Kier molecular flexibility index (Phi) is 4.10. The average molecular weight is 259 g/mol. The second kappa shape index (κ2) is 5.78. The van der Waals surface area contributed by atoms with Gasteiger partial charge in [-0.25, -0.2) is 14.4 Å². The van der Waals surface area contributed by atoms with Crippen molar-refractivity contribution in [1.82, 2.24) is 9.97 Å². The van der Waals surface area contributed by atoms with Crippen LogP contribution in [-0.2, 0) is 6.54 Å². The molecule has 0 amide bonds. The van der Waals surface area contributed by atoms with Crippen LogP contribution in [0, 0.1) is 12.7 Å². The summed E-state index contributed by atoms with van der Waals surface area (Å²) in [5.74, 6) is 0.675. The van der Waals surface area contributed by atoms with Gasteiger partial charge in [0.25, 0.3) is 0 Å². The Bertz CT molecular complexity index is 567. The molecule has 4 heteroatoms. The summed E-state index contributed by atoms with van der Waals surface area (Å²) < 4.78 is 13.5. The minimum atomic E-state index is -0.216. The maximum atomic E-state index is 13.5. The van der Waals surface area contributed by atoms with Crippen LogP contribution in [0.25, 0.3) is 0 Å². The largest absolute Gasteiger partial charge is 0.350 e. The zero-order valence-electron chi connectivity index (χ0n) is 11.4. The first-order valence-corrected chi connectivity index (χ1v) is 6.39. The van der Waals surface area contributed by atoms with E-state index in [2.05, 4.69) is 29.1 Å². The van der Waals surface area contributed by atoms with E-state index >= 15 is 0 Å². The summed E-state index contributed by atoms with van der Waals surface area (Å²) in [6.45, 7) is 6.49. The van der Waals surface area contributed by atoms with Crippen molar-refractivity contribution in [2.45, 2.75) is 33.2 Å². The van der Waals surface area contributed by atoms with Crippen LogP contribution >= 0.6 is 0 Å². The smallest absolute Gasteiger partial charge is 0.223 e. The van der Waals surface area contributed by atoms with Gasteiger partial charge in [-0.1, -0.05) is 32.0 Å². The summed E-state index contributed by atoms with van der Waals surface area (Å²) in [5, 5.41) is 3.08. The van der Waals surface area contributed by atoms with Crippen molar-refractivity contribution >= 4 is 5.95 Å². The maximum Gasteiger partial charge on any atom is 0.223 e. The Morgan fingerprint density at radius 2 is 1.95 bits per heavy atom. The van der Waals surface area contributed by atoms with E-state index in [1.807, 2.05) is 19.1 Å². The lowest BCUT2D eigenvalue weighted by Gasteiger charge is -2.10. The molecule has 0 bridgehead atoms. The summed E-state index contributed by atoms with van der Waals surface area (Å²) in [6.07, 6.45) is 0. The lowest BCUT2D eigenvalue weighted by atomic mass is 10.1. The lowest BCUT2D eigenvalue weighted by molar-refractivity contribution is 0.612. The Morgan fingerprint density at radius 3 is 2.63 bits per heavy atom. The third-order valence-corrected chi connectivity index (χ3v) is 2.86. The Hall–Kier alpha value is -1.97. The number of nitrogens with zero attached hydrogens (tertiary/aromatic N) is 2. The van der Waals surface area contributed by atoms with Crippen molar-refractivity contribution < 1.29 is 4.39 Å².